The molecule has 24 heavy (non-hydrogen) atoms. The molecule has 0 saturated heterocycles. The van der Waals surface area contributed by atoms with Crippen LogP contribution in [0.15, 0.2) is 18.2 Å². The fourth-order valence-electron chi connectivity index (χ4n) is 3.39. The second kappa shape index (κ2) is 8.15. The van der Waals surface area contributed by atoms with E-state index in [1.807, 2.05) is 6.92 Å². The van der Waals surface area contributed by atoms with Gasteiger partial charge in [-0.25, -0.2) is 4.79 Å². The number of methoxy groups -OCH3 is 1. The van der Waals surface area contributed by atoms with Crippen molar-refractivity contribution in [3.05, 3.63) is 29.3 Å². The van der Waals surface area contributed by atoms with E-state index in [4.69, 9.17) is 4.74 Å². The molecule has 6 nitrogen and oxygen atoms in total. The molecule has 1 aliphatic carbocycles. The first-order chi connectivity index (χ1) is 11.5. The third kappa shape index (κ3) is 4.26. The van der Waals surface area contributed by atoms with E-state index in [0.717, 1.165) is 18.4 Å². The molecular formula is C18H27N3O3. The van der Waals surface area contributed by atoms with Gasteiger partial charge in [0.25, 0.3) is 5.91 Å². The monoisotopic (exact) mass is 333 g/mol. The van der Waals surface area contributed by atoms with Gasteiger partial charge in [0.1, 0.15) is 0 Å². The van der Waals surface area contributed by atoms with Gasteiger partial charge in [0, 0.05) is 37.4 Å². The summed E-state index contributed by atoms with van der Waals surface area (Å²) in [5.41, 5.74) is 1.99. The predicted molar refractivity (Wildman–Crippen MR) is 94.4 cm³/mol. The molecule has 1 saturated carbocycles. The lowest BCUT2D eigenvalue weighted by molar-refractivity contribution is 0.0846. The van der Waals surface area contributed by atoms with Crippen molar-refractivity contribution in [2.45, 2.75) is 32.6 Å². The zero-order valence-electron chi connectivity index (χ0n) is 14.7. The summed E-state index contributed by atoms with van der Waals surface area (Å²) in [7, 11) is 3.29. The molecule has 6 heteroatoms. The number of nitrogens with one attached hydrogen (secondary N) is 3. The number of amides is 3. The van der Waals surface area contributed by atoms with E-state index in [-0.39, 0.29) is 17.4 Å². The van der Waals surface area contributed by atoms with Gasteiger partial charge in [-0.3, -0.25) is 4.79 Å². The summed E-state index contributed by atoms with van der Waals surface area (Å²) in [5.74, 6) is -0.165. The van der Waals surface area contributed by atoms with Crippen molar-refractivity contribution >= 4 is 17.6 Å². The summed E-state index contributed by atoms with van der Waals surface area (Å²) >= 11 is 0. The molecule has 0 radical (unpaired) electrons. The van der Waals surface area contributed by atoms with Crippen LogP contribution in [-0.2, 0) is 4.74 Å². The maximum absolute atomic E-state index is 12.3. The van der Waals surface area contributed by atoms with Crippen molar-refractivity contribution in [1.29, 1.82) is 0 Å². The first-order valence-corrected chi connectivity index (χ1v) is 8.37. The van der Waals surface area contributed by atoms with Crippen molar-refractivity contribution in [3.63, 3.8) is 0 Å². The number of hydrogen-bond donors (Lipinski definition) is 3. The Balaban J connectivity index is 1.98. The van der Waals surface area contributed by atoms with Gasteiger partial charge < -0.3 is 20.7 Å². The third-order valence-corrected chi connectivity index (χ3v) is 4.79. The van der Waals surface area contributed by atoms with Gasteiger partial charge in [0.05, 0.1) is 6.61 Å². The maximum Gasteiger partial charge on any atom is 0.319 e. The summed E-state index contributed by atoms with van der Waals surface area (Å²) in [6.45, 7) is 3.09. The third-order valence-electron chi connectivity index (χ3n) is 4.79. The van der Waals surface area contributed by atoms with E-state index >= 15 is 0 Å². The lowest BCUT2D eigenvalue weighted by Crippen LogP contribution is -2.40. The molecule has 1 fully saturated rings. The van der Waals surface area contributed by atoms with E-state index < -0.39 is 0 Å². The minimum atomic E-state index is -0.255. The molecule has 2 rings (SSSR count). The molecule has 3 amide bonds. The lowest BCUT2D eigenvalue weighted by Gasteiger charge is -2.28. The number of ether oxygens (including phenoxy) is 1. The Morgan fingerprint density at radius 3 is 2.58 bits per heavy atom. The zero-order chi connectivity index (χ0) is 17.6. The van der Waals surface area contributed by atoms with Gasteiger partial charge in [-0.15, -0.1) is 0 Å². The topological polar surface area (TPSA) is 79.5 Å². The molecule has 0 heterocycles. The van der Waals surface area contributed by atoms with E-state index in [1.165, 1.54) is 12.8 Å². The largest absolute Gasteiger partial charge is 0.384 e. The Kier molecular flexibility index (Phi) is 6.20. The summed E-state index contributed by atoms with van der Waals surface area (Å²) in [5, 5.41) is 8.40. The van der Waals surface area contributed by atoms with Crippen LogP contribution in [0.3, 0.4) is 0 Å². The minimum absolute atomic E-state index is 0.0467. The van der Waals surface area contributed by atoms with Gasteiger partial charge in [0.2, 0.25) is 0 Å². The molecule has 0 atom stereocenters. The molecular weight excluding hydrogens is 306 g/mol. The molecule has 0 bridgehead atoms. The Hall–Kier alpha value is -2.08. The normalized spacial score (nSPS) is 15.8. The molecule has 0 aromatic heterocycles. The molecule has 1 aromatic rings. The van der Waals surface area contributed by atoms with Crippen molar-refractivity contribution < 1.29 is 14.3 Å². The summed E-state index contributed by atoms with van der Waals surface area (Å²) < 4.78 is 5.34. The number of rotatable bonds is 6. The highest BCUT2D eigenvalue weighted by atomic mass is 16.5. The van der Waals surface area contributed by atoms with Crippen LogP contribution in [0.4, 0.5) is 10.5 Å². The minimum Gasteiger partial charge on any atom is -0.384 e. The molecule has 0 spiro atoms. The number of anilines is 1. The van der Waals surface area contributed by atoms with Gasteiger partial charge >= 0.3 is 6.03 Å². The van der Waals surface area contributed by atoms with Crippen LogP contribution in [0.5, 0.6) is 0 Å². The highest BCUT2D eigenvalue weighted by Gasteiger charge is 2.34. The highest BCUT2D eigenvalue weighted by Crippen LogP contribution is 2.37. The fourth-order valence-corrected chi connectivity index (χ4v) is 3.39. The first kappa shape index (κ1) is 18.3. The van der Waals surface area contributed by atoms with Crippen LogP contribution in [0, 0.1) is 12.3 Å². The number of urea groups is 1. The standard InChI is InChI=1S/C18H27N3O3/c1-13-14(16(22)19-2)7-6-8-15(13)21-17(23)20-11-18(12-24-3)9-4-5-10-18/h6-8H,4-5,9-12H2,1-3H3,(H,19,22)(H2,20,21,23). The first-order valence-electron chi connectivity index (χ1n) is 8.37. The average molecular weight is 333 g/mol. The number of hydrogen-bond acceptors (Lipinski definition) is 3. The second-order valence-corrected chi connectivity index (χ2v) is 6.51. The van der Waals surface area contributed by atoms with Gasteiger partial charge in [0.15, 0.2) is 0 Å². The summed E-state index contributed by atoms with van der Waals surface area (Å²) in [6, 6.07) is 5.04. The SMILES string of the molecule is CNC(=O)c1cccc(NC(=O)NCC2(COC)CCCC2)c1C. The van der Waals surface area contributed by atoms with Crippen LogP contribution in [0.2, 0.25) is 0 Å². The van der Waals surface area contributed by atoms with Crippen molar-refractivity contribution in [1.82, 2.24) is 10.6 Å². The van der Waals surface area contributed by atoms with Crippen LogP contribution >= 0.6 is 0 Å². The van der Waals surface area contributed by atoms with Crippen LogP contribution in [0.1, 0.15) is 41.6 Å². The zero-order valence-corrected chi connectivity index (χ0v) is 14.7. The van der Waals surface area contributed by atoms with Crippen LogP contribution < -0.4 is 16.0 Å². The molecule has 0 unspecified atom stereocenters. The molecule has 132 valence electrons. The Morgan fingerprint density at radius 1 is 1.25 bits per heavy atom. The fraction of sp³-hybridized carbons (Fsp3) is 0.556. The molecule has 1 aromatic carbocycles. The Morgan fingerprint density at radius 2 is 1.96 bits per heavy atom. The van der Waals surface area contributed by atoms with E-state index in [2.05, 4.69) is 16.0 Å². The Labute approximate surface area is 143 Å². The quantitative estimate of drug-likeness (QED) is 0.749. The lowest BCUT2D eigenvalue weighted by atomic mass is 9.87. The second-order valence-electron chi connectivity index (χ2n) is 6.51. The van der Waals surface area contributed by atoms with E-state index in [9.17, 15) is 9.59 Å². The van der Waals surface area contributed by atoms with Gasteiger partial charge in [-0.1, -0.05) is 18.9 Å². The van der Waals surface area contributed by atoms with E-state index in [1.54, 1.807) is 32.4 Å². The predicted octanol–water partition coefficient (Wildman–Crippen LogP) is 2.68. The highest BCUT2D eigenvalue weighted by molar-refractivity contribution is 5.98. The van der Waals surface area contributed by atoms with Crippen molar-refractivity contribution in [2.75, 3.05) is 32.6 Å². The molecule has 0 aliphatic heterocycles. The van der Waals surface area contributed by atoms with Crippen molar-refractivity contribution in [2.24, 2.45) is 5.41 Å². The summed E-state index contributed by atoms with van der Waals surface area (Å²) in [6.07, 6.45) is 4.51. The van der Waals surface area contributed by atoms with Crippen LogP contribution in [-0.4, -0.2) is 39.2 Å². The van der Waals surface area contributed by atoms with Gasteiger partial charge in [-0.05, 0) is 37.5 Å². The molecule has 1 aliphatic rings. The average Bonchev–Trinajstić information content (AvgIpc) is 3.03. The number of carbonyl (C=O) groups excluding carboxylic acids is 2. The Bertz CT molecular complexity index is 595. The van der Waals surface area contributed by atoms with Crippen molar-refractivity contribution in [3.8, 4) is 0 Å². The molecule has 3 N–H and O–H groups in total. The number of carbonyl (C=O) groups is 2. The van der Waals surface area contributed by atoms with Gasteiger partial charge in [-0.2, -0.15) is 0 Å². The maximum atomic E-state index is 12.3. The summed E-state index contributed by atoms with van der Waals surface area (Å²) in [4.78, 5) is 24.1. The van der Waals surface area contributed by atoms with Crippen LogP contribution in [0.25, 0.3) is 0 Å². The van der Waals surface area contributed by atoms with E-state index in [0.29, 0.717) is 24.4 Å². The smallest absolute Gasteiger partial charge is 0.319 e. The number of benzene rings is 1.